The van der Waals surface area contributed by atoms with Crippen LogP contribution >= 0.6 is 11.3 Å². The molecule has 0 saturated heterocycles. The van der Waals surface area contributed by atoms with Crippen molar-refractivity contribution in [2.24, 2.45) is 5.16 Å². The molecule has 0 spiro atoms. The van der Waals surface area contributed by atoms with Crippen LogP contribution in [0.1, 0.15) is 53.3 Å². The third kappa shape index (κ3) is 4.22. The highest BCUT2D eigenvalue weighted by Gasteiger charge is 2.31. The van der Waals surface area contributed by atoms with Crippen LogP contribution in [0, 0.1) is 6.92 Å². The topological polar surface area (TPSA) is 32.6 Å². The molecule has 3 rings (SSSR count). The Hall–Kier alpha value is -2.34. The number of halogens is 3. The lowest BCUT2D eigenvalue weighted by Gasteiger charge is -2.10. The molecule has 6 heteroatoms. The van der Waals surface area contributed by atoms with Crippen molar-refractivity contribution in [3.8, 4) is 0 Å². The molecule has 2 aromatic carbocycles. The third-order valence-electron chi connectivity index (χ3n) is 4.77. The zero-order valence-corrected chi connectivity index (χ0v) is 16.8. The molecule has 0 aliphatic heterocycles. The third-order valence-corrected chi connectivity index (χ3v) is 6.00. The lowest BCUT2D eigenvalue weighted by atomic mass is 9.95. The highest BCUT2D eigenvalue weighted by molar-refractivity contribution is 7.19. The molecule has 0 unspecified atom stereocenters. The normalized spacial score (nSPS) is 12.9. The van der Waals surface area contributed by atoms with Crippen LogP contribution in [-0.2, 0) is 12.6 Å². The van der Waals surface area contributed by atoms with E-state index in [1.807, 2.05) is 45.0 Å². The molecule has 2 nitrogen and oxygen atoms in total. The SMILES string of the molecule is Cc1cccc(C(CCc2sc3cc(C(F)(F)F)ccc3c2C(C)C)=NO)c1. The van der Waals surface area contributed by atoms with Gasteiger partial charge in [-0.3, -0.25) is 0 Å². The van der Waals surface area contributed by atoms with Gasteiger partial charge in [-0.1, -0.05) is 54.9 Å². The first kappa shape index (κ1) is 20.4. The second-order valence-corrected chi connectivity index (χ2v) is 8.36. The number of benzene rings is 2. The Morgan fingerprint density at radius 1 is 1.14 bits per heavy atom. The van der Waals surface area contributed by atoms with Crippen molar-refractivity contribution in [2.75, 3.05) is 0 Å². The van der Waals surface area contributed by atoms with E-state index >= 15 is 0 Å². The van der Waals surface area contributed by atoms with Gasteiger partial charge in [0.1, 0.15) is 0 Å². The van der Waals surface area contributed by atoms with Gasteiger partial charge in [-0.05, 0) is 54.3 Å². The van der Waals surface area contributed by atoms with E-state index in [9.17, 15) is 18.4 Å². The standard InChI is InChI=1S/C22H22F3NOS/c1-13(2)21-17-8-7-16(22(23,24)25)12-20(17)28-19(21)10-9-18(26-27)15-6-4-5-14(3)11-15/h4-8,11-13,27H,9-10H2,1-3H3. The van der Waals surface area contributed by atoms with E-state index in [-0.39, 0.29) is 5.92 Å². The number of hydrogen-bond donors (Lipinski definition) is 1. The fourth-order valence-electron chi connectivity index (χ4n) is 3.47. The molecule has 0 fully saturated rings. The maximum absolute atomic E-state index is 13.1. The van der Waals surface area contributed by atoms with E-state index in [1.54, 1.807) is 6.07 Å². The highest BCUT2D eigenvalue weighted by Crippen LogP contribution is 2.40. The minimum absolute atomic E-state index is 0.189. The first-order valence-corrected chi connectivity index (χ1v) is 9.93. The van der Waals surface area contributed by atoms with Gasteiger partial charge in [0.05, 0.1) is 11.3 Å². The minimum Gasteiger partial charge on any atom is -0.411 e. The summed E-state index contributed by atoms with van der Waals surface area (Å²) in [4.78, 5) is 1.04. The Labute approximate surface area is 166 Å². The lowest BCUT2D eigenvalue weighted by Crippen LogP contribution is -2.04. The van der Waals surface area contributed by atoms with Gasteiger partial charge in [0.15, 0.2) is 0 Å². The summed E-state index contributed by atoms with van der Waals surface area (Å²) in [5.41, 5.74) is 2.96. The van der Waals surface area contributed by atoms with Crippen LogP contribution in [0.5, 0.6) is 0 Å². The predicted molar refractivity (Wildman–Crippen MR) is 109 cm³/mol. The molecule has 148 valence electrons. The summed E-state index contributed by atoms with van der Waals surface area (Å²) in [5.74, 6) is 0.189. The average Bonchev–Trinajstić information content (AvgIpc) is 2.99. The Bertz CT molecular complexity index is 1020. The van der Waals surface area contributed by atoms with E-state index in [2.05, 4.69) is 5.16 Å². The summed E-state index contributed by atoms with van der Waals surface area (Å²) in [7, 11) is 0. The van der Waals surface area contributed by atoms with Crippen molar-refractivity contribution in [1.29, 1.82) is 0 Å². The molecule has 0 aliphatic carbocycles. The number of aryl methyl sites for hydroxylation is 2. The van der Waals surface area contributed by atoms with Crippen LogP contribution in [0.15, 0.2) is 47.6 Å². The Morgan fingerprint density at radius 3 is 2.50 bits per heavy atom. The summed E-state index contributed by atoms with van der Waals surface area (Å²) >= 11 is 1.40. The van der Waals surface area contributed by atoms with Crippen molar-refractivity contribution in [2.45, 2.75) is 45.7 Å². The molecule has 0 aliphatic rings. The number of alkyl halides is 3. The van der Waals surface area contributed by atoms with E-state index in [1.165, 1.54) is 17.4 Å². The Balaban J connectivity index is 1.94. The lowest BCUT2D eigenvalue weighted by molar-refractivity contribution is -0.137. The van der Waals surface area contributed by atoms with Crippen LogP contribution < -0.4 is 0 Å². The second kappa shape index (κ2) is 7.95. The Morgan fingerprint density at radius 2 is 1.89 bits per heavy atom. The van der Waals surface area contributed by atoms with Gasteiger partial charge in [-0.25, -0.2) is 0 Å². The van der Waals surface area contributed by atoms with Crippen molar-refractivity contribution < 1.29 is 18.4 Å². The second-order valence-electron chi connectivity index (χ2n) is 7.22. The number of thiophene rings is 1. The van der Waals surface area contributed by atoms with Crippen molar-refractivity contribution in [3.05, 3.63) is 69.6 Å². The molecular formula is C22H22F3NOS. The number of oxime groups is 1. The maximum Gasteiger partial charge on any atom is 0.416 e. The number of nitrogens with zero attached hydrogens (tertiary/aromatic N) is 1. The van der Waals surface area contributed by atoms with Gasteiger partial charge >= 0.3 is 6.18 Å². The summed E-state index contributed by atoms with van der Waals surface area (Å²) in [6, 6.07) is 11.7. The van der Waals surface area contributed by atoms with E-state index in [4.69, 9.17) is 0 Å². The largest absolute Gasteiger partial charge is 0.416 e. The highest BCUT2D eigenvalue weighted by atomic mass is 32.1. The maximum atomic E-state index is 13.1. The average molecular weight is 405 g/mol. The van der Waals surface area contributed by atoms with Gasteiger partial charge in [0.25, 0.3) is 0 Å². The first-order valence-electron chi connectivity index (χ1n) is 9.11. The fourth-order valence-corrected chi connectivity index (χ4v) is 4.87. The van der Waals surface area contributed by atoms with Gasteiger partial charge in [-0.2, -0.15) is 13.2 Å². The molecule has 0 radical (unpaired) electrons. The van der Waals surface area contributed by atoms with Crippen molar-refractivity contribution >= 4 is 27.1 Å². The zero-order chi connectivity index (χ0) is 20.5. The fraction of sp³-hybridized carbons (Fsp3) is 0.318. The molecule has 0 amide bonds. The summed E-state index contributed by atoms with van der Waals surface area (Å²) in [6.45, 7) is 6.06. The molecule has 0 saturated carbocycles. The molecule has 28 heavy (non-hydrogen) atoms. The van der Waals surface area contributed by atoms with Gasteiger partial charge in [0, 0.05) is 9.58 Å². The van der Waals surface area contributed by atoms with Crippen LogP contribution in [0.4, 0.5) is 13.2 Å². The molecule has 1 heterocycles. The molecule has 1 aromatic heterocycles. The van der Waals surface area contributed by atoms with Gasteiger partial charge in [-0.15, -0.1) is 11.3 Å². The molecular weight excluding hydrogens is 383 g/mol. The Kier molecular flexibility index (Phi) is 5.79. The monoisotopic (exact) mass is 405 g/mol. The number of rotatable bonds is 5. The summed E-state index contributed by atoms with van der Waals surface area (Å²) < 4.78 is 39.8. The first-order chi connectivity index (χ1) is 13.2. The van der Waals surface area contributed by atoms with E-state index < -0.39 is 11.7 Å². The summed E-state index contributed by atoms with van der Waals surface area (Å²) in [5, 5.41) is 13.8. The zero-order valence-electron chi connectivity index (χ0n) is 16.0. The van der Waals surface area contributed by atoms with Gasteiger partial charge in [0.2, 0.25) is 0 Å². The van der Waals surface area contributed by atoms with Crippen LogP contribution in [0.2, 0.25) is 0 Å². The molecule has 3 aromatic rings. The molecule has 1 N–H and O–H groups in total. The molecule has 0 bridgehead atoms. The van der Waals surface area contributed by atoms with Crippen LogP contribution in [0.25, 0.3) is 10.1 Å². The minimum atomic E-state index is -4.35. The van der Waals surface area contributed by atoms with Crippen molar-refractivity contribution in [1.82, 2.24) is 0 Å². The van der Waals surface area contributed by atoms with Gasteiger partial charge < -0.3 is 5.21 Å². The predicted octanol–water partition coefficient (Wildman–Crippen LogP) is 7.16. The number of fused-ring (bicyclic) bond motifs is 1. The van der Waals surface area contributed by atoms with Crippen LogP contribution in [0.3, 0.4) is 0 Å². The quantitative estimate of drug-likeness (QED) is 0.273. The molecule has 0 atom stereocenters. The number of hydrogen-bond acceptors (Lipinski definition) is 3. The summed E-state index contributed by atoms with van der Waals surface area (Å²) in [6.07, 6.45) is -3.22. The van der Waals surface area contributed by atoms with E-state index in [0.717, 1.165) is 33.0 Å². The van der Waals surface area contributed by atoms with E-state index in [0.29, 0.717) is 23.3 Å². The smallest absolute Gasteiger partial charge is 0.411 e. The van der Waals surface area contributed by atoms with Crippen LogP contribution in [-0.4, -0.2) is 10.9 Å². The van der Waals surface area contributed by atoms with Crippen molar-refractivity contribution in [3.63, 3.8) is 0 Å².